The van der Waals surface area contributed by atoms with E-state index in [0.717, 1.165) is 32.0 Å². The smallest absolute Gasteiger partial charge is 0.268 e. The van der Waals surface area contributed by atoms with Gasteiger partial charge in [0.2, 0.25) is 0 Å². The number of halogens is 3. The zero-order valence-corrected chi connectivity index (χ0v) is 19.0. The van der Waals surface area contributed by atoms with Crippen molar-refractivity contribution >= 4 is 63.9 Å². The Bertz CT molecular complexity index is 1160. The van der Waals surface area contributed by atoms with Gasteiger partial charge in [-0.05, 0) is 71.9 Å². The van der Waals surface area contributed by atoms with Crippen LogP contribution in [-0.4, -0.2) is 16.0 Å². The van der Waals surface area contributed by atoms with Crippen molar-refractivity contribution in [1.29, 1.82) is 0 Å². The highest BCUT2D eigenvalue weighted by molar-refractivity contribution is 8.18. The van der Waals surface area contributed by atoms with Crippen LogP contribution < -0.4 is 0 Å². The van der Waals surface area contributed by atoms with Crippen molar-refractivity contribution in [2.45, 2.75) is 16.3 Å². The maximum Gasteiger partial charge on any atom is 0.293 e. The molecule has 3 aromatic carbocycles. The summed E-state index contributed by atoms with van der Waals surface area (Å²) in [6.07, 6.45) is 1.66. The Balaban J connectivity index is 1.48. The number of hydrogen-bond acceptors (Lipinski definition) is 4. The van der Waals surface area contributed by atoms with Crippen LogP contribution in [-0.2, 0) is 11.3 Å². The van der Waals surface area contributed by atoms with Gasteiger partial charge in [0.25, 0.3) is 11.1 Å². The summed E-state index contributed by atoms with van der Waals surface area (Å²) in [5, 5.41) is 0.410. The summed E-state index contributed by atoms with van der Waals surface area (Å²) in [4.78, 5) is 28.4. The van der Waals surface area contributed by atoms with Crippen molar-refractivity contribution in [3.05, 3.63) is 98.6 Å². The number of nitrogens with zero attached hydrogens (tertiary/aromatic N) is 1. The van der Waals surface area contributed by atoms with Gasteiger partial charge < -0.3 is 0 Å². The van der Waals surface area contributed by atoms with Gasteiger partial charge >= 0.3 is 0 Å². The van der Waals surface area contributed by atoms with E-state index in [9.17, 15) is 14.0 Å². The number of carbonyl (C=O) groups excluding carboxylic acids is 2. The van der Waals surface area contributed by atoms with Crippen LogP contribution in [0, 0.1) is 5.82 Å². The maximum absolute atomic E-state index is 14.1. The van der Waals surface area contributed by atoms with E-state index in [2.05, 4.69) is 0 Å². The largest absolute Gasteiger partial charge is 0.293 e. The predicted octanol–water partition coefficient (Wildman–Crippen LogP) is 7.52. The van der Waals surface area contributed by atoms with Crippen LogP contribution in [0.15, 0.2) is 81.4 Å². The molecule has 0 aliphatic carbocycles. The molecular weight excluding hydrogens is 476 g/mol. The molecule has 0 spiro atoms. The third-order valence-electron chi connectivity index (χ3n) is 4.48. The first-order valence-electron chi connectivity index (χ1n) is 9.12. The Kier molecular flexibility index (Phi) is 6.72. The first kappa shape index (κ1) is 22.0. The standard InChI is InChI=1S/C23H14Cl2FNO2S2/c24-15-6-10-17(11-7-15)30-16-8-4-14(5-9-16)12-21-22(28)27(23(29)31-21)13-18-19(25)2-1-3-20(18)26/h1-12H,13H2/b21-12-. The highest BCUT2D eigenvalue weighted by Gasteiger charge is 2.35. The van der Waals surface area contributed by atoms with Gasteiger partial charge in [-0.25, -0.2) is 4.39 Å². The van der Waals surface area contributed by atoms with Crippen molar-refractivity contribution in [1.82, 2.24) is 4.90 Å². The van der Waals surface area contributed by atoms with Crippen LogP contribution >= 0.6 is 46.7 Å². The van der Waals surface area contributed by atoms with Gasteiger partial charge in [-0.2, -0.15) is 0 Å². The Morgan fingerprint density at radius 2 is 1.58 bits per heavy atom. The van der Waals surface area contributed by atoms with Crippen LogP contribution in [0.2, 0.25) is 10.0 Å². The van der Waals surface area contributed by atoms with E-state index in [1.165, 1.54) is 18.2 Å². The number of thioether (sulfide) groups is 1. The molecule has 1 saturated heterocycles. The molecule has 1 heterocycles. The number of carbonyl (C=O) groups is 2. The van der Waals surface area contributed by atoms with E-state index in [0.29, 0.717) is 5.02 Å². The van der Waals surface area contributed by atoms with Gasteiger partial charge in [0.05, 0.1) is 11.4 Å². The van der Waals surface area contributed by atoms with Crippen molar-refractivity contribution < 1.29 is 14.0 Å². The lowest BCUT2D eigenvalue weighted by Gasteiger charge is -2.14. The molecule has 0 N–H and O–H groups in total. The van der Waals surface area contributed by atoms with Crippen molar-refractivity contribution in [2.24, 2.45) is 0 Å². The summed E-state index contributed by atoms with van der Waals surface area (Å²) in [6.45, 7) is -0.204. The fourth-order valence-corrected chi connectivity index (χ4v) is 4.90. The molecule has 1 fully saturated rings. The number of imide groups is 1. The number of benzene rings is 3. The van der Waals surface area contributed by atoms with Crippen molar-refractivity contribution in [2.75, 3.05) is 0 Å². The minimum atomic E-state index is -0.552. The Hall–Kier alpha value is -2.25. The monoisotopic (exact) mass is 489 g/mol. The fourth-order valence-electron chi connectivity index (χ4n) is 2.90. The fraction of sp³-hybridized carbons (Fsp3) is 0.0435. The Morgan fingerprint density at radius 3 is 2.23 bits per heavy atom. The van der Waals surface area contributed by atoms with E-state index in [1.54, 1.807) is 17.8 Å². The molecule has 0 saturated carbocycles. The summed E-state index contributed by atoms with van der Waals surface area (Å²) in [5.41, 5.74) is 0.908. The molecule has 1 aliphatic rings. The molecular formula is C23H14Cl2FNO2S2. The summed E-state index contributed by atoms with van der Waals surface area (Å²) in [7, 11) is 0. The Labute approximate surface area is 197 Å². The molecule has 0 radical (unpaired) electrons. The normalized spacial score (nSPS) is 15.2. The van der Waals surface area contributed by atoms with Crippen molar-refractivity contribution in [3.63, 3.8) is 0 Å². The summed E-state index contributed by atoms with van der Waals surface area (Å²) in [5.74, 6) is -1.02. The Morgan fingerprint density at radius 1 is 0.935 bits per heavy atom. The zero-order chi connectivity index (χ0) is 22.0. The van der Waals surface area contributed by atoms with Gasteiger partial charge in [0.15, 0.2) is 0 Å². The van der Waals surface area contributed by atoms with E-state index < -0.39 is 17.0 Å². The van der Waals surface area contributed by atoms with E-state index >= 15 is 0 Å². The average Bonchev–Trinajstić information content (AvgIpc) is 3.01. The molecule has 4 rings (SSSR count). The highest BCUT2D eigenvalue weighted by Crippen LogP contribution is 2.35. The van der Waals surface area contributed by atoms with Gasteiger partial charge in [-0.15, -0.1) is 0 Å². The summed E-state index contributed by atoms with van der Waals surface area (Å²) in [6, 6.07) is 19.4. The average molecular weight is 490 g/mol. The molecule has 31 heavy (non-hydrogen) atoms. The van der Waals surface area contributed by atoms with E-state index in [1.807, 2.05) is 48.5 Å². The molecule has 0 bridgehead atoms. The second-order valence-corrected chi connectivity index (χ2v) is 9.58. The molecule has 2 amide bonds. The molecule has 3 aromatic rings. The molecule has 156 valence electrons. The van der Waals surface area contributed by atoms with Crippen LogP contribution in [0.1, 0.15) is 11.1 Å². The zero-order valence-electron chi connectivity index (χ0n) is 15.8. The maximum atomic E-state index is 14.1. The van der Waals surface area contributed by atoms with Gasteiger partial charge in [-0.1, -0.05) is 53.2 Å². The number of hydrogen-bond donors (Lipinski definition) is 0. The van der Waals surface area contributed by atoms with Crippen LogP contribution in [0.5, 0.6) is 0 Å². The molecule has 8 heteroatoms. The SMILES string of the molecule is O=C1S/C(=C\c2ccc(Sc3ccc(Cl)cc3)cc2)C(=O)N1Cc1c(F)cccc1Cl. The molecule has 1 aliphatic heterocycles. The van der Waals surface area contributed by atoms with Crippen LogP contribution in [0.4, 0.5) is 9.18 Å². The first-order valence-corrected chi connectivity index (χ1v) is 11.5. The molecule has 0 atom stereocenters. The molecule has 0 unspecified atom stereocenters. The summed E-state index contributed by atoms with van der Waals surface area (Å²) < 4.78 is 14.1. The topological polar surface area (TPSA) is 37.4 Å². The van der Waals surface area contributed by atoms with E-state index in [-0.39, 0.29) is 22.0 Å². The number of rotatable bonds is 5. The highest BCUT2D eigenvalue weighted by atomic mass is 35.5. The number of amides is 2. The minimum Gasteiger partial charge on any atom is -0.268 e. The van der Waals surface area contributed by atoms with Gasteiger partial charge in [-0.3, -0.25) is 14.5 Å². The lowest BCUT2D eigenvalue weighted by Crippen LogP contribution is -2.28. The first-order chi connectivity index (χ1) is 14.9. The van der Waals surface area contributed by atoms with Gasteiger partial charge in [0.1, 0.15) is 5.82 Å². The lowest BCUT2D eigenvalue weighted by molar-refractivity contribution is -0.123. The van der Waals surface area contributed by atoms with E-state index in [4.69, 9.17) is 23.2 Å². The third kappa shape index (κ3) is 5.15. The molecule has 0 aromatic heterocycles. The van der Waals surface area contributed by atoms with Crippen LogP contribution in [0.25, 0.3) is 6.08 Å². The predicted molar refractivity (Wildman–Crippen MR) is 125 cm³/mol. The third-order valence-corrected chi connectivity index (χ3v) is 7.01. The van der Waals surface area contributed by atoms with Gasteiger partial charge in [0, 0.05) is 25.4 Å². The summed E-state index contributed by atoms with van der Waals surface area (Å²) >= 11 is 14.4. The quantitative estimate of drug-likeness (QED) is 0.347. The molecule has 3 nitrogen and oxygen atoms in total. The minimum absolute atomic E-state index is 0.122. The van der Waals surface area contributed by atoms with Crippen molar-refractivity contribution in [3.8, 4) is 0 Å². The van der Waals surface area contributed by atoms with Crippen LogP contribution in [0.3, 0.4) is 0 Å². The lowest BCUT2D eigenvalue weighted by atomic mass is 10.2. The second-order valence-electron chi connectivity index (χ2n) is 6.59. The second kappa shape index (κ2) is 9.49.